The van der Waals surface area contributed by atoms with E-state index < -0.39 is 0 Å². The maximum Gasteiger partial charge on any atom is 0.251 e. The molecule has 1 atom stereocenters. The number of rotatable bonds is 9. The number of hydrogen-bond donors (Lipinski definition) is 2. The standard InChI is InChI=1S/C22H28N2O5/c1-26-19-6-4-16(22(25)24-9-7-15-8-10-28-14-15)11-21(19)29-18-5-3-17(13-23)20(12-18)27-2/h3-6,11-12,15H,7-10,13-14,23H2,1-2H3,(H,24,25). The Morgan fingerprint density at radius 2 is 1.97 bits per heavy atom. The van der Waals surface area contributed by atoms with Crippen LogP contribution in [0.5, 0.6) is 23.0 Å². The fraction of sp³-hybridized carbons (Fsp3) is 0.409. The van der Waals surface area contributed by atoms with E-state index in [0.717, 1.165) is 31.6 Å². The highest BCUT2D eigenvalue weighted by atomic mass is 16.5. The number of carbonyl (C=O) groups is 1. The molecule has 7 nitrogen and oxygen atoms in total. The average molecular weight is 400 g/mol. The Hall–Kier alpha value is -2.77. The molecule has 1 amide bonds. The van der Waals surface area contributed by atoms with Gasteiger partial charge < -0.3 is 30.0 Å². The molecule has 0 radical (unpaired) electrons. The van der Waals surface area contributed by atoms with Gasteiger partial charge in [-0.05, 0) is 43.0 Å². The van der Waals surface area contributed by atoms with Gasteiger partial charge in [-0.3, -0.25) is 4.79 Å². The third kappa shape index (κ3) is 5.40. The van der Waals surface area contributed by atoms with Crippen LogP contribution in [0.1, 0.15) is 28.8 Å². The smallest absolute Gasteiger partial charge is 0.251 e. The van der Waals surface area contributed by atoms with Crippen molar-refractivity contribution in [3.8, 4) is 23.0 Å². The molecule has 7 heteroatoms. The second-order valence-electron chi connectivity index (χ2n) is 6.92. The van der Waals surface area contributed by atoms with Gasteiger partial charge in [0.25, 0.3) is 5.91 Å². The van der Waals surface area contributed by atoms with E-state index in [1.807, 2.05) is 6.07 Å². The number of amides is 1. The van der Waals surface area contributed by atoms with Gasteiger partial charge in [-0.25, -0.2) is 0 Å². The molecule has 0 aliphatic carbocycles. The summed E-state index contributed by atoms with van der Waals surface area (Å²) in [5.41, 5.74) is 7.11. The van der Waals surface area contributed by atoms with Crippen LogP contribution >= 0.6 is 0 Å². The highest BCUT2D eigenvalue weighted by molar-refractivity contribution is 5.94. The van der Waals surface area contributed by atoms with Crippen LogP contribution in [0.2, 0.25) is 0 Å². The summed E-state index contributed by atoms with van der Waals surface area (Å²) in [5, 5.41) is 2.96. The molecule has 3 N–H and O–H groups in total. The minimum atomic E-state index is -0.146. The highest BCUT2D eigenvalue weighted by Gasteiger charge is 2.17. The molecule has 0 saturated carbocycles. The molecule has 0 aromatic heterocycles. The van der Waals surface area contributed by atoms with Crippen LogP contribution in [0.15, 0.2) is 36.4 Å². The quantitative estimate of drug-likeness (QED) is 0.672. The number of hydrogen-bond acceptors (Lipinski definition) is 6. The van der Waals surface area contributed by atoms with Crippen LogP contribution in [0.3, 0.4) is 0 Å². The number of carbonyl (C=O) groups excluding carboxylic acids is 1. The molecule has 2 aromatic rings. The van der Waals surface area contributed by atoms with Crippen molar-refractivity contribution in [2.75, 3.05) is 34.0 Å². The molecular formula is C22H28N2O5. The molecule has 156 valence electrons. The number of nitrogens with one attached hydrogen (secondary N) is 1. The molecule has 29 heavy (non-hydrogen) atoms. The molecule has 2 aromatic carbocycles. The van der Waals surface area contributed by atoms with Crippen LogP contribution in [-0.2, 0) is 11.3 Å². The molecule has 3 rings (SSSR count). The summed E-state index contributed by atoms with van der Waals surface area (Å²) >= 11 is 0. The van der Waals surface area contributed by atoms with Crippen LogP contribution < -0.4 is 25.3 Å². The largest absolute Gasteiger partial charge is 0.496 e. The lowest BCUT2D eigenvalue weighted by molar-refractivity contribution is 0.0950. The van der Waals surface area contributed by atoms with Crippen LogP contribution in [0, 0.1) is 5.92 Å². The van der Waals surface area contributed by atoms with Gasteiger partial charge in [0.15, 0.2) is 11.5 Å². The molecule has 1 heterocycles. The first-order chi connectivity index (χ1) is 14.1. The topological polar surface area (TPSA) is 92.0 Å². The molecule has 1 aliphatic heterocycles. The Kier molecular flexibility index (Phi) is 7.32. The molecule has 1 aliphatic rings. The van der Waals surface area contributed by atoms with Crippen molar-refractivity contribution < 1.29 is 23.7 Å². The Morgan fingerprint density at radius 3 is 2.66 bits per heavy atom. The van der Waals surface area contributed by atoms with E-state index in [4.69, 9.17) is 24.7 Å². The van der Waals surface area contributed by atoms with Crippen molar-refractivity contribution in [2.24, 2.45) is 11.7 Å². The summed E-state index contributed by atoms with van der Waals surface area (Å²) in [4.78, 5) is 12.5. The fourth-order valence-corrected chi connectivity index (χ4v) is 3.28. The first-order valence-corrected chi connectivity index (χ1v) is 9.73. The molecule has 0 spiro atoms. The third-order valence-electron chi connectivity index (χ3n) is 4.99. The van der Waals surface area contributed by atoms with Gasteiger partial charge in [-0.2, -0.15) is 0 Å². The van der Waals surface area contributed by atoms with E-state index in [0.29, 0.717) is 47.6 Å². The monoisotopic (exact) mass is 400 g/mol. The predicted octanol–water partition coefficient (Wildman–Crippen LogP) is 3.11. The Bertz CT molecular complexity index is 834. The Balaban J connectivity index is 1.70. The Labute approximate surface area is 171 Å². The van der Waals surface area contributed by atoms with Crippen molar-refractivity contribution in [1.29, 1.82) is 0 Å². The summed E-state index contributed by atoms with van der Waals surface area (Å²) in [6, 6.07) is 10.5. The van der Waals surface area contributed by atoms with Gasteiger partial charge in [0.1, 0.15) is 11.5 Å². The minimum absolute atomic E-state index is 0.146. The second-order valence-corrected chi connectivity index (χ2v) is 6.92. The summed E-state index contributed by atoms with van der Waals surface area (Å²) in [6.07, 6.45) is 1.97. The maximum atomic E-state index is 12.5. The first kappa shape index (κ1) is 21.0. The maximum absolute atomic E-state index is 12.5. The number of ether oxygens (including phenoxy) is 4. The fourth-order valence-electron chi connectivity index (χ4n) is 3.28. The lowest BCUT2D eigenvalue weighted by Gasteiger charge is -2.14. The lowest BCUT2D eigenvalue weighted by atomic mass is 10.1. The van der Waals surface area contributed by atoms with E-state index in [-0.39, 0.29) is 5.91 Å². The van der Waals surface area contributed by atoms with Crippen molar-refractivity contribution >= 4 is 5.91 Å². The summed E-state index contributed by atoms with van der Waals surface area (Å²) in [7, 11) is 3.14. The number of benzene rings is 2. The molecule has 0 bridgehead atoms. The van der Waals surface area contributed by atoms with Crippen molar-refractivity contribution in [3.63, 3.8) is 0 Å². The van der Waals surface area contributed by atoms with E-state index in [1.165, 1.54) is 0 Å². The van der Waals surface area contributed by atoms with Gasteiger partial charge in [0, 0.05) is 43.5 Å². The number of nitrogens with two attached hydrogens (primary N) is 1. The molecule has 1 unspecified atom stereocenters. The zero-order chi connectivity index (χ0) is 20.6. The van der Waals surface area contributed by atoms with Crippen LogP contribution in [-0.4, -0.2) is 39.9 Å². The molecular weight excluding hydrogens is 372 g/mol. The van der Waals surface area contributed by atoms with E-state index >= 15 is 0 Å². The van der Waals surface area contributed by atoms with Gasteiger partial charge in [0.05, 0.1) is 14.2 Å². The van der Waals surface area contributed by atoms with E-state index in [9.17, 15) is 4.79 Å². The predicted molar refractivity (Wildman–Crippen MR) is 110 cm³/mol. The second kappa shape index (κ2) is 10.1. The first-order valence-electron chi connectivity index (χ1n) is 9.73. The van der Waals surface area contributed by atoms with E-state index in [1.54, 1.807) is 44.6 Å². The van der Waals surface area contributed by atoms with Gasteiger partial charge >= 0.3 is 0 Å². The van der Waals surface area contributed by atoms with Crippen molar-refractivity contribution in [2.45, 2.75) is 19.4 Å². The zero-order valence-electron chi connectivity index (χ0n) is 16.9. The highest BCUT2D eigenvalue weighted by Crippen LogP contribution is 2.34. The van der Waals surface area contributed by atoms with Crippen LogP contribution in [0.4, 0.5) is 0 Å². The minimum Gasteiger partial charge on any atom is -0.496 e. The van der Waals surface area contributed by atoms with Crippen molar-refractivity contribution in [3.05, 3.63) is 47.5 Å². The summed E-state index contributed by atoms with van der Waals surface area (Å²) in [6.45, 7) is 2.58. The van der Waals surface area contributed by atoms with Gasteiger partial charge in [-0.15, -0.1) is 0 Å². The SMILES string of the molecule is COc1cc(Oc2cc(C(=O)NCCC3CCOC3)ccc2OC)ccc1CN. The average Bonchev–Trinajstić information content (AvgIpc) is 3.27. The lowest BCUT2D eigenvalue weighted by Crippen LogP contribution is -2.26. The Morgan fingerprint density at radius 1 is 1.14 bits per heavy atom. The normalized spacial score (nSPS) is 15.8. The number of methoxy groups -OCH3 is 2. The van der Waals surface area contributed by atoms with E-state index in [2.05, 4.69) is 5.32 Å². The van der Waals surface area contributed by atoms with Crippen LogP contribution in [0.25, 0.3) is 0 Å². The van der Waals surface area contributed by atoms with Gasteiger partial charge in [-0.1, -0.05) is 6.07 Å². The van der Waals surface area contributed by atoms with Gasteiger partial charge in [0.2, 0.25) is 0 Å². The molecule has 1 fully saturated rings. The summed E-state index contributed by atoms with van der Waals surface area (Å²) < 4.78 is 22.1. The zero-order valence-corrected chi connectivity index (χ0v) is 16.9. The summed E-state index contributed by atoms with van der Waals surface area (Å²) in [5.74, 6) is 2.58. The molecule has 1 saturated heterocycles. The van der Waals surface area contributed by atoms with Crippen molar-refractivity contribution in [1.82, 2.24) is 5.32 Å². The third-order valence-corrected chi connectivity index (χ3v) is 4.99.